The second-order valence-corrected chi connectivity index (χ2v) is 7.18. The molecule has 106 valence electrons. The van der Waals surface area contributed by atoms with Crippen molar-refractivity contribution in [3.8, 4) is 0 Å². The van der Waals surface area contributed by atoms with E-state index >= 15 is 0 Å². The zero-order valence-electron chi connectivity index (χ0n) is 10.9. The van der Waals surface area contributed by atoms with Crippen LogP contribution in [0.2, 0.25) is 0 Å². The first-order valence-corrected chi connectivity index (χ1v) is 8.14. The summed E-state index contributed by atoms with van der Waals surface area (Å²) in [5, 5.41) is 6.37. The quantitative estimate of drug-likeness (QED) is 0.829. The maximum absolute atomic E-state index is 12.2. The number of hydrogen-bond acceptors (Lipinski definition) is 4. The first-order valence-electron chi connectivity index (χ1n) is 6.53. The van der Waals surface area contributed by atoms with Crippen molar-refractivity contribution in [3.05, 3.63) is 20.8 Å². The minimum Gasteiger partial charge on any atom is -0.379 e. The Kier molecular flexibility index (Phi) is 5.81. The molecule has 2 rings (SSSR count). The van der Waals surface area contributed by atoms with Crippen molar-refractivity contribution in [2.75, 3.05) is 19.8 Å². The molecule has 0 aliphatic carbocycles. The van der Waals surface area contributed by atoms with Crippen LogP contribution in [0.3, 0.4) is 0 Å². The average molecular weight is 347 g/mol. The SMILES string of the molecule is CCCNC1COCC1C(=O)NCc1ccc(Br)s1. The van der Waals surface area contributed by atoms with Crippen LogP contribution < -0.4 is 10.6 Å². The summed E-state index contributed by atoms with van der Waals surface area (Å²) in [7, 11) is 0. The van der Waals surface area contributed by atoms with Crippen molar-refractivity contribution >= 4 is 33.2 Å². The Morgan fingerprint density at radius 2 is 2.37 bits per heavy atom. The molecule has 0 spiro atoms. The predicted molar refractivity (Wildman–Crippen MR) is 80.3 cm³/mol. The number of amides is 1. The van der Waals surface area contributed by atoms with E-state index in [2.05, 4.69) is 33.5 Å². The molecule has 6 heteroatoms. The number of carbonyl (C=O) groups is 1. The maximum atomic E-state index is 12.2. The lowest BCUT2D eigenvalue weighted by Crippen LogP contribution is -2.43. The van der Waals surface area contributed by atoms with E-state index in [-0.39, 0.29) is 17.9 Å². The van der Waals surface area contributed by atoms with Gasteiger partial charge in [0.05, 0.1) is 29.5 Å². The molecule has 2 unspecified atom stereocenters. The van der Waals surface area contributed by atoms with E-state index < -0.39 is 0 Å². The summed E-state index contributed by atoms with van der Waals surface area (Å²) in [6, 6.07) is 4.17. The van der Waals surface area contributed by atoms with Crippen LogP contribution in [-0.2, 0) is 16.1 Å². The Hall–Kier alpha value is -0.430. The van der Waals surface area contributed by atoms with E-state index in [1.54, 1.807) is 11.3 Å². The summed E-state index contributed by atoms with van der Waals surface area (Å²) >= 11 is 5.06. The lowest BCUT2D eigenvalue weighted by Gasteiger charge is -2.18. The van der Waals surface area contributed by atoms with Gasteiger partial charge in [-0.1, -0.05) is 6.92 Å². The summed E-state index contributed by atoms with van der Waals surface area (Å²) in [5.74, 6) is 0.00517. The standard InChI is InChI=1S/C13H19BrN2O2S/c1-2-5-15-11-8-18-7-10(11)13(17)16-6-9-3-4-12(14)19-9/h3-4,10-11,15H,2,5-8H2,1H3,(H,16,17). The number of halogens is 1. The van der Waals surface area contributed by atoms with Crippen molar-refractivity contribution < 1.29 is 9.53 Å². The van der Waals surface area contributed by atoms with Gasteiger partial charge >= 0.3 is 0 Å². The topological polar surface area (TPSA) is 50.4 Å². The van der Waals surface area contributed by atoms with Crippen molar-refractivity contribution in [2.24, 2.45) is 5.92 Å². The van der Waals surface area contributed by atoms with Gasteiger partial charge in [0.2, 0.25) is 5.91 Å². The highest BCUT2D eigenvalue weighted by atomic mass is 79.9. The lowest BCUT2D eigenvalue weighted by molar-refractivity contribution is -0.125. The molecule has 0 saturated carbocycles. The molecule has 4 nitrogen and oxygen atoms in total. The number of hydrogen-bond donors (Lipinski definition) is 2. The number of carbonyl (C=O) groups excluding carboxylic acids is 1. The van der Waals surface area contributed by atoms with Gasteiger partial charge in [-0.25, -0.2) is 0 Å². The average Bonchev–Trinajstić information content (AvgIpc) is 3.02. The summed E-state index contributed by atoms with van der Waals surface area (Å²) in [6.45, 7) is 4.78. The molecule has 1 aromatic heterocycles. The monoisotopic (exact) mass is 346 g/mol. The minimum atomic E-state index is -0.0741. The van der Waals surface area contributed by atoms with Gasteiger partial charge in [-0.3, -0.25) is 4.79 Å². The Balaban J connectivity index is 1.81. The highest BCUT2D eigenvalue weighted by Gasteiger charge is 2.33. The largest absolute Gasteiger partial charge is 0.379 e. The van der Waals surface area contributed by atoms with E-state index in [1.807, 2.05) is 12.1 Å². The van der Waals surface area contributed by atoms with Gasteiger partial charge in [-0.05, 0) is 41.0 Å². The summed E-state index contributed by atoms with van der Waals surface area (Å²) in [4.78, 5) is 13.3. The van der Waals surface area contributed by atoms with Crippen LogP contribution >= 0.6 is 27.3 Å². The second kappa shape index (κ2) is 7.38. The van der Waals surface area contributed by atoms with Crippen molar-refractivity contribution in [1.82, 2.24) is 10.6 Å². The number of ether oxygens (including phenoxy) is 1. The second-order valence-electron chi connectivity index (χ2n) is 4.63. The molecule has 1 amide bonds. The molecule has 1 fully saturated rings. The Morgan fingerprint density at radius 3 is 3.05 bits per heavy atom. The molecule has 1 aliphatic heterocycles. The Bertz CT molecular complexity index is 425. The maximum Gasteiger partial charge on any atom is 0.227 e. The normalized spacial score (nSPS) is 22.6. The molecule has 19 heavy (non-hydrogen) atoms. The molecule has 2 heterocycles. The van der Waals surface area contributed by atoms with Gasteiger partial charge in [0.25, 0.3) is 0 Å². The van der Waals surface area contributed by atoms with E-state index in [0.717, 1.165) is 21.6 Å². The number of rotatable bonds is 6. The van der Waals surface area contributed by atoms with E-state index in [9.17, 15) is 4.79 Å². The fourth-order valence-electron chi connectivity index (χ4n) is 2.10. The van der Waals surface area contributed by atoms with Crippen molar-refractivity contribution in [2.45, 2.75) is 25.9 Å². The predicted octanol–water partition coefficient (Wildman–Crippen LogP) is 2.14. The summed E-state index contributed by atoms with van der Waals surface area (Å²) in [5.41, 5.74) is 0. The molecule has 0 aromatic carbocycles. The molecule has 2 N–H and O–H groups in total. The fourth-order valence-corrected chi connectivity index (χ4v) is 3.52. The van der Waals surface area contributed by atoms with E-state index in [0.29, 0.717) is 19.8 Å². The van der Waals surface area contributed by atoms with Crippen LogP contribution in [-0.4, -0.2) is 31.7 Å². The third kappa shape index (κ3) is 4.27. The number of nitrogens with one attached hydrogen (secondary N) is 2. The number of thiophene rings is 1. The van der Waals surface area contributed by atoms with Gasteiger partial charge in [-0.15, -0.1) is 11.3 Å². The van der Waals surface area contributed by atoms with Crippen LogP contribution in [0.1, 0.15) is 18.2 Å². The summed E-state index contributed by atoms with van der Waals surface area (Å²) < 4.78 is 6.50. The first kappa shape index (κ1) is 15.0. The van der Waals surface area contributed by atoms with Gasteiger partial charge in [-0.2, -0.15) is 0 Å². The zero-order chi connectivity index (χ0) is 13.7. The third-order valence-electron chi connectivity index (χ3n) is 3.14. The Labute approximate surface area is 126 Å². The van der Waals surface area contributed by atoms with Crippen LogP contribution in [0, 0.1) is 5.92 Å². The third-order valence-corrected chi connectivity index (χ3v) is 4.76. The van der Waals surface area contributed by atoms with Crippen molar-refractivity contribution in [3.63, 3.8) is 0 Å². The highest BCUT2D eigenvalue weighted by Crippen LogP contribution is 2.22. The van der Waals surface area contributed by atoms with Crippen LogP contribution in [0.25, 0.3) is 0 Å². The van der Waals surface area contributed by atoms with Crippen LogP contribution in [0.4, 0.5) is 0 Å². The molecular formula is C13H19BrN2O2S. The van der Waals surface area contributed by atoms with E-state index in [1.165, 1.54) is 0 Å². The summed E-state index contributed by atoms with van der Waals surface area (Å²) in [6.07, 6.45) is 1.06. The van der Waals surface area contributed by atoms with Gasteiger partial charge in [0.1, 0.15) is 0 Å². The molecule has 0 radical (unpaired) electrons. The van der Waals surface area contributed by atoms with Gasteiger partial charge in [0.15, 0.2) is 0 Å². The van der Waals surface area contributed by atoms with Crippen LogP contribution in [0.15, 0.2) is 15.9 Å². The molecule has 1 saturated heterocycles. The van der Waals surface area contributed by atoms with E-state index in [4.69, 9.17) is 4.74 Å². The van der Waals surface area contributed by atoms with Gasteiger partial charge in [0, 0.05) is 10.9 Å². The molecular weight excluding hydrogens is 328 g/mol. The van der Waals surface area contributed by atoms with Crippen molar-refractivity contribution in [1.29, 1.82) is 0 Å². The Morgan fingerprint density at radius 1 is 1.53 bits per heavy atom. The molecule has 1 aromatic rings. The lowest BCUT2D eigenvalue weighted by atomic mass is 10.0. The molecule has 1 aliphatic rings. The molecule has 2 atom stereocenters. The zero-order valence-corrected chi connectivity index (χ0v) is 13.4. The smallest absolute Gasteiger partial charge is 0.227 e. The van der Waals surface area contributed by atoms with Crippen LogP contribution in [0.5, 0.6) is 0 Å². The fraction of sp³-hybridized carbons (Fsp3) is 0.615. The van der Waals surface area contributed by atoms with Gasteiger partial charge < -0.3 is 15.4 Å². The molecule has 0 bridgehead atoms. The minimum absolute atomic E-state index is 0.0741. The first-order chi connectivity index (χ1) is 9.20. The highest BCUT2D eigenvalue weighted by molar-refractivity contribution is 9.11.